The van der Waals surface area contributed by atoms with Gasteiger partial charge >= 0.3 is 5.97 Å². The zero-order valence-electron chi connectivity index (χ0n) is 17.6. The molecule has 0 saturated carbocycles. The zero-order valence-corrected chi connectivity index (χ0v) is 18.4. The molecule has 1 heterocycles. The lowest BCUT2D eigenvalue weighted by Crippen LogP contribution is -2.46. The van der Waals surface area contributed by atoms with Gasteiger partial charge in [0.25, 0.3) is 23.2 Å². The predicted molar refractivity (Wildman–Crippen MR) is 115 cm³/mol. The number of esters is 1. The van der Waals surface area contributed by atoms with Crippen LogP contribution in [0, 0.1) is 20.2 Å². The van der Waals surface area contributed by atoms with E-state index in [1.54, 1.807) is 0 Å². The van der Waals surface area contributed by atoms with Crippen LogP contribution >= 0.6 is 0 Å². The van der Waals surface area contributed by atoms with Gasteiger partial charge in [-0.05, 0) is 18.6 Å². The lowest BCUT2D eigenvalue weighted by Gasteiger charge is -2.24. The van der Waals surface area contributed by atoms with Gasteiger partial charge in [-0.3, -0.25) is 34.7 Å². The molecule has 0 spiro atoms. The molecule has 0 aliphatic carbocycles. The Bertz CT molecular complexity index is 1320. The molecule has 0 bridgehead atoms. The summed E-state index contributed by atoms with van der Waals surface area (Å²) in [4.78, 5) is 60.2. The second kappa shape index (κ2) is 9.35. The number of nitrogens with zero attached hydrogens (tertiary/aromatic N) is 3. The minimum atomic E-state index is -3.65. The fraction of sp³-hybridized carbons (Fsp3) is 0.250. The molecule has 0 fully saturated rings. The highest BCUT2D eigenvalue weighted by atomic mass is 32.2. The zero-order chi connectivity index (χ0) is 25.2. The van der Waals surface area contributed by atoms with E-state index < -0.39 is 73.5 Å². The molecular weight excluding hydrogens is 474 g/mol. The first kappa shape index (κ1) is 24.4. The molecule has 1 aliphatic rings. The number of hydrogen-bond donors (Lipinski definition) is 0. The Morgan fingerprint density at radius 1 is 1.00 bits per heavy atom. The fourth-order valence-electron chi connectivity index (χ4n) is 3.45. The highest BCUT2D eigenvalue weighted by Gasteiger charge is 2.47. The Kier molecular flexibility index (Phi) is 6.72. The van der Waals surface area contributed by atoms with E-state index in [2.05, 4.69) is 0 Å². The molecule has 1 aliphatic heterocycles. The van der Waals surface area contributed by atoms with Gasteiger partial charge in [0.15, 0.2) is 0 Å². The maximum atomic E-state index is 13.0. The van der Waals surface area contributed by atoms with Gasteiger partial charge in [0, 0.05) is 18.4 Å². The monoisotopic (exact) mass is 491 g/mol. The summed E-state index contributed by atoms with van der Waals surface area (Å²) in [6.45, 7) is -0.589. The van der Waals surface area contributed by atoms with Gasteiger partial charge in [0.05, 0.1) is 26.7 Å². The van der Waals surface area contributed by atoms with Crippen molar-refractivity contribution in [1.82, 2.24) is 4.90 Å². The van der Waals surface area contributed by atoms with Crippen molar-refractivity contribution < 1.29 is 37.4 Å². The maximum absolute atomic E-state index is 13.0. The van der Waals surface area contributed by atoms with Crippen LogP contribution in [0.15, 0.2) is 42.5 Å². The number of imide groups is 1. The molecule has 0 N–H and O–H groups in total. The topological polar surface area (TPSA) is 184 Å². The number of benzene rings is 2. The number of sulfone groups is 1. The summed E-state index contributed by atoms with van der Waals surface area (Å²) in [7, 11) is -3.65. The summed E-state index contributed by atoms with van der Waals surface area (Å²) >= 11 is 0. The van der Waals surface area contributed by atoms with Gasteiger partial charge in [-0.2, -0.15) is 0 Å². The molecule has 13 nitrogen and oxygen atoms in total. The Labute approximate surface area is 192 Å². The largest absolute Gasteiger partial charge is 0.459 e. The van der Waals surface area contributed by atoms with Crippen molar-refractivity contribution in [1.29, 1.82) is 0 Å². The van der Waals surface area contributed by atoms with Crippen molar-refractivity contribution in [2.75, 3.05) is 12.0 Å². The first-order chi connectivity index (χ1) is 15.9. The number of carbonyl (C=O) groups excluding carboxylic acids is 3. The smallest absolute Gasteiger partial charge is 0.329 e. The molecule has 2 aromatic carbocycles. The van der Waals surface area contributed by atoms with Crippen molar-refractivity contribution >= 4 is 39.0 Å². The van der Waals surface area contributed by atoms with E-state index in [-0.39, 0.29) is 16.8 Å². The lowest BCUT2D eigenvalue weighted by atomic mass is 10.1. The van der Waals surface area contributed by atoms with Crippen molar-refractivity contribution in [3.8, 4) is 0 Å². The van der Waals surface area contributed by atoms with Crippen molar-refractivity contribution in [3.63, 3.8) is 0 Å². The molecule has 0 saturated heterocycles. The van der Waals surface area contributed by atoms with Crippen molar-refractivity contribution in [2.24, 2.45) is 0 Å². The van der Waals surface area contributed by atoms with E-state index in [1.807, 2.05) is 0 Å². The number of para-hydroxylation sites is 1. The van der Waals surface area contributed by atoms with Crippen LogP contribution in [0.4, 0.5) is 11.4 Å². The van der Waals surface area contributed by atoms with Gasteiger partial charge < -0.3 is 4.74 Å². The van der Waals surface area contributed by atoms with E-state index in [0.717, 1.165) is 12.3 Å². The van der Waals surface area contributed by atoms with Gasteiger partial charge in [-0.15, -0.1) is 0 Å². The Hall–Kier alpha value is -4.20. The molecule has 0 radical (unpaired) electrons. The quantitative estimate of drug-likeness (QED) is 0.216. The van der Waals surface area contributed by atoms with Gasteiger partial charge in [-0.1, -0.05) is 18.2 Å². The van der Waals surface area contributed by atoms with Crippen molar-refractivity contribution in [3.05, 3.63) is 79.4 Å². The molecule has 1 atom stereocenters. The molecule has 34 heavy (non-hydrogen) atoms. The number of carbonyl (C=O) groups is 3. The van der Waals surface area contributed by atoms with Crippen LogP contribution in [0.25, 0.3) is 0 Å². The van der Waals surface area contributed by atoms with E-state index >= 15 is 0 Å². The minimum absolute atomic E-state index is 0.0284. The summed E-state index contributed by atoms with van der Waals surface area (Å²) in [5.74, 6) is -3.97. The molecule has 14 heteroatoms. The molecular formula is C20H17N3O10S. The number of rotatable bonds is 9. The Balaban J connectivity index is 1.94. The molecule has 0 unspecified atom stereocenters. The lowest BCUT2D eigenvalue weighted by molar-refractivity contribution is -0.385. The average molecular weight is 491 g/mol. The van der Waals surface area contributed by atoms with Gasteiger partial charge in [-0.25, -0.2) is 13.2 Å². The Morgan fingerprint density at radius 2 is 1.62 bits per heavy atom. The number of ether oxygens (including phenoxy) is 1. The molecule has 2 aromatic rings. The van der Waals surface area contributed by atoms with Gasteiger partial charge in [0.1, 0.15) is 28.0 Å². The first-order valence-electron chi connectivity index (χ1n) is 9.64. The first-order valence-corrected chi connectivity index (χ1v) is 11.7. The van der Waals surface area contributed by atoms with E-state index in [4.69, 9.17) is 4.74 Å². The molecule has 3 rings (SSSR count). The third-order valence-corrected chi connectivity index (χ3v) is 6.00. The van der Waals surface area contributed by atoms with Crippen molar-refractivity contribution in [2.45, 2.75) is 19.1 Å². The number of nitro groups is 2. The minimum Gasteiger partial charge on any atom is -0.459 e. The van der Waals surface area contributed by atoms with E-state index in [9.17, 15) is 43.0 Å². The summed E-state index contributed by atoms with van der Waals surface area (Å²) in [6.07, 6.45) is 0.351. The standard InChI is InChI=1S/C20H17N3O10S/c1-34(31,32)10-9-16(20(26)33-11-12-5-2-3-7-14(12)22(27)28)21-18(24)13-6-4-8-15(23(29)30)17(13)19(21)25/h2-8,16H,9-11H2,1H3/t16-/m0/s1. The highest BCUT2D eigenvalue weighted by molar-refractivity contribution is 7.90. The van der Waals surface area contributed by atoms with Crippen LogP contribution in [-0.2, 0) is 26.0 Å². The third kappa shape index (κ3) is 4.91. The average Bonchev–Trinajstić information content (AvgIpc) is 3.02. The second-order valence-electron chi connectivity index (χ2n) is 7.36. The fourth-order valence-corrected chi connectivity index (χ4v) is 4.11. The number of fused-ring (bicyclic) bond motifs is 1. The van der Waals surface area contributed by atoms with Crippen LogP contribution in [0.2, 0.25) is 0 Å². The van der Waals surface area contributed by atoms with E-state index in [1.165, 1.54) is 36.4 Å². The summed E-state index contributed by atoms with van der Waals surface area (Å²) in [5, 5.41) is 22.5. The highest BCUT2D eigenvalue weighted by Crippen LogP contribution is 2.33. The maximum Gasteiger partial charge on any atom is 0.329 e. The van der Waals surface area contributed by atoms with Crippen LogP contribution in [0.5, 0.6) is 0 Å². The van der Waals surface area contributed by atoms with Crippen LogP contribution in [-0.4, -0.2) is 59.0 Å². The second-order valence-corrected chi connectivity index (χ2v) is 9.62. The Morgan fingerprint density at radius 3 is 2.24 bits per heavy atom. The number of amides is 2. The summed E-state index contributed by atoms with van der Waals surface area (Å²) in [5.41, 5.74) is -1.78. The molecule has 0 aromatic heterocycles. The SMILES string of the molecule is CS(=O)(=O)CC[C@@H](C(=O)OCc1ccccc1[N+](=O)[O-])N1C(=O)c2cccc([N+](=O)[O-])c2C1=O. The number of hydrogen-bond acceptors (Lipinski definition) is 10. The normalized spacial score (nSPS) is 14.0. The predicted octanol–water partition coefficient (Wildman–Crippen LogP) is 1.65. The number of nitro benzene ring substituents is 2. The summed E-state index contributed by atoms with van der Waals surface area (Å²) < 4.78 is 28.5. The third-order valence-electron chi connectivity index (χ3n) is 5.03. The van der Waals surface area contributed by atoms with Crippen LogP contribution < -0.4 is 0 Å². The molecule has 178 valence electrons. The van der Waals surface area contributed by atoms with Gasteiger partial charge in [0.2, 0.25) is 0 Å². The van der Waals surface area contributed by atoms with Crippen LogP contribution in [0.3, 0.4) is 0 Å². The van der Waals surface area contributed by atoms with E-state index in [0.29, 0.717) is 4.90 Å². The molecule has 2 amide bonds. The van der Waals surface area contributed by atoms with Crippen LogP contribution in [0.1, 0.15) is 32.7 Å². The summed E-state index contributed by atoms with van der Waals surface area (Å²) in [6, 6.07) is 7.06.